The Morgan fingerprint density at radius 2 is 1.71 bits per heavy atom. The van der Waals surface area contributed by atoms with Crippen molar-refractivity contribution in [1.29, 1.82) is 0 Å². The van der Waals surface area contributed by atoms with Crippen molar-refractivity contribution < 1.29 is 0 Å². The maximum Gasteiger partial charge on any atom is 0.203 e. The molecule has 6 heteroatoms. The van der Waals surface area contributed by atoms with E-state index in [1.807, 2.05) is 6.07 Å². The van der Waals surface area contributed by atoms with Gasteiger partial charge in [-0.15, -0.1) is 0 Å². The molecular formula is C25H28N6. The number of hydrogen-bond acceptors (Lipinski definition) is 4. The van der Waals surface area contributed by atoms with Gasteiger partial charge >= 0.3 is 0 Å². The molecule has 0 saturated carbocycles. The van der Waals surface area contributed by atoms with Crippen molar-refractivity contribution in [3.05, 3.63) is 71.5 Å². The number of nitrogens with one attached hydrogen (secondary N) is 1. The van der Waals surface area contributed by atoms with E-state index in [1.165, 1.54) is 29.1 Å². The zero-order valence-corrected chi connectivity index (χ0v) is 17.8. The summed E-state index contributed by atoms with van der Waals surface area (Å²) in [7, 11) is 0. The van der Waals surface area contributed by atoms with Gasteiger partial charge in [0.15, 0.2) is 0 Å². The van der Waals surface area contributed by atoms with Crippen molar-refractivity contribution in [2.75, 3.05) is 31.1 Å². The summed E-state index contributed by atoms with van der Waals surface area (Å²) in [5, 5.41) is 5.08. The number of rotatable bonds is 4. The monoisotopic (exact) mass is 412 g/mol. The van der Waals surface area contributed by atoms with Gasteiger partial charge in [-0.2, -0.15) is 5.10 Å². The van der Waals surface area contributed by atoms with Crippen LogP contribution in [0.3, 0.4) is 0 Å². The number of fused-ring (bicyclic) bond motifs is 2. The summed E-state index contributed by atoms with van der Waals surface area (Å²) < 4.78 is 2.19. The Kier molecular flexibility index (Phi) is 4.72. The molecule has 1 aliphatic carbocycles. The van der Waals surface area contributed by atoms with Crippen LogP contribution >= 0.6 is 0 Å². The zero-order valence-electron chi connectivity index (χ0n) is 17.8. The smallest absolute Gasteiger partial charge is 0.203 e. The van der Waals surface area contributed by atoms with Crippen LogP contribution in [0.25, 0.3) is 16.7 Å². The van der Waals surface area contributed by atoms with Gasteiger partial charge in [0.2, 0.25) is 5.95 Å². The van der Waals surface area contributed by atoms with Gasteiger partial charge in [-0.1, -0.05) is 30.3 Å². The Morgan fingerprint density at radius 1 is 0.839 bits per heavy atom. The minimum atomic E-state index is 0.941. The quantitative estimate of drug-likeness (QED) is 0.551. The van der Waals surface area contributed by atoms with E-state index in [0.29, 0.717) is 0 Å². The van der Waals surface area contributed by atoms with Gasteiger partial charge in [0, 0.05) is 38.4 Å². The topological polar surface area (TPSA) is 53.0 Å². The maximum absolute atomic E-state index is 5.08. The molecule has 3 heterocycles. The van der Waals surface area contributed by atoms with Crippen LogP contribution in [0.2, 0.25) is 0 Å². The number of H-pyrrole nitrogens is 1. The van der Waals surface area contributed by atoms with Crippen molar-refractivity contribution in [1.82, 2.24) is 24.6 Å². The summed E-state index contributed by atoms with van der Waals surface area (Å²) in [6.45, 7) is 5.10. The second kappa shape index (κ2) is 7.85. The van der Waals surface area contributed by atoms with Crippen LogP contribution < -0.4 is 4.90 Å². The van der Waals surface area contributed by atoms with E-state index < -0.39 is 0 Å². The third-order valence-corrected chi connectivity index (χ3v) is 6.65. The number of anilines is 1. The Bertz CT molecular complexity index is 1160. The minimum Gasteiger partial charge on any atom is -0.341 e. The van der Waals surface area contributed by atoms with Crippen molar-refractivity contribution in [2.45, 2.75) is 32.2 Å². The molecule has 6 rings (SSSR count). The molecular weight excluding hydrogens is 384 g/mol. The van der Waals surface area contributed by atoms with Crippen LogP contribution in [-0.2, 0) is 19.4 Å². The van der Waals surface area contributed by atoms with Gasteiger partial charge in [-0.3, -0.25) is 4.90 Å². The summed E-state index contributed by atoms with van der Waals surface area (Å²) in [6, 6.07) is 18.9. The predicted octanol–water partition coefficient (Wildman–Crippen LogP) is 3.95. The molecule has 1 aliphatic heterocycles. The molecule has 2 aromatic carbocycles. The molecule has 2 aromatic heterocycles. The fourth-order valence-electron chi connectivity index (χ4n) is 5.07. The van der Waals surface area contributed by atoms with Crippen LogP contribution in [0.4, 0.5) is 5.95 Å². The Morgan fingerprint density at radius 3 is 2.61 bits per heavy atom. The molecule has 0 radical (unpaired) electrons. The van der Waals surface area contributed by atoms with E-state index in [-0.39, 0.29) is 0 Å². The molecule has 158 valence electrons. The lowest BCUT2D eigenvalue weighted by Crippen LogP contribution is -2.31. The predicted molar refractivity (Wildman–Crippen MR) is 124 cm³/mol. The fraction of sp³-hybridized carbons (Fsp3) is 0.360. The highest BCUT2D eigenvalue weighted by Crippen LogP contribution is 2.29. The molecule has 0 bridgehead atoms. The lowest BCUT2D eigenvalue weighted by molar-refractivity contribution is 0.280. The normalized spacial score (nSPS) is 17.2. The standard InChI is InChI=1S/C25H28N6/c1-2-8-19(9-3-1)31-24-13-6-10-20(24)23(28-31)18-29-14-7-15-30(17-16-29)25-26-21-11-4-5-12-22(21)27-25/h1-5,8-9,11-12H,6-7,10,13-18H2,(H,26,27). The average molecular weight is 413 g/mol. The summed E-state index contributed by atoms with van der Waals surface area (Å²) in [6.07, 6.45) is 4.68. The number of benzene rings is 2. The molecule has 1 N–H and O–H groups in total. The SMILES string of the molecule is c1ccc(-n2nc(CN3CCCN(c4nc5ccccc5[nH]4)CC3)c3c2CCC3)cc1. The number of para-hydroxylation sites is 3. The van der Waals surface area contributed by atoms with E-state index in [1.54, 1.807) is 0 Å². The number of nitrogens with zero attached hydrogens (tertiary/aromatic N) is 5. The van der Waals surface area contributed by atoms with Gasteiger partial charge in [-0.25, -0.2) is 9.67 Å². The molecule has 0 atom stereocenters. The van der Waals surface area contributed by atoms with Crippen molar-refractivity contribution >= 4 is 17.0 Å². The van der Waals surface area contributed by atoms with Crippen LogP contribution in [-0.4, -0.2) is 50.8 Å². The van der Waals surface area contributed by atoms with E-state index in [9.17, 15) is 0 Å². The highest BCUT2D eigenvalue weighted by molar-refractivity contribution is 5.77. The molecule has 1 saturated heterocycles. The van der Waals surface area contributed by atoms with Crippen LogP contribution in [0.5, 0.6) is 0 Å². The van der Waals surface area contributed by atoms with Crippen LogP contribution in [0, 0.1) is 0 Å². The van der Waals surface area contributed by atoms with Crippen molar-refractivity contribution in [2.24, 2.45) is 0 Å². The molecule has 0 spiro atoms. The molecule has 6 nitrogen and oxygen atoms in total. The molecule has 4 aromatic rings. The number of hydrogen-bond donors (Lipinski definition) is 1. The average Bonchev–Trinajstić information content (AvgIpc) is 3.48. The first-order valence-corrected chi connectivity index (χ1v) is 11.4. The highest BCUT2D eigenvalue weighted by Gasteiger charge is 2.25. The second-order valence-electron chi connectivity index (χ2n) is 8.67. The number of imidazole rings is 1. The van der Waals surface area contributed by atoms with Gasteiger partial charge < -0.3 is 9.88 Å². The maximum atomic E-state index is 5.08. The summed E-state index contributed by atoms with van der Waals surface area (Å²) >= 11 is 0. The minimum absolute atomic E-state index is 0.941. The molecule has 31 heavy (non-hydrogen) atoms. The highest BCUT2D eigenvalue weighted by atomic mass is 15.3. The Labute approximate surface area is 182 Å². The van der Waals surface area contributed by atoms with Crippen LogP contribution in [0.1, 0.15) is 29.8 Å². The number of aromatic amines is 1. The van der Waals surface area contributed by atoms with E-state index in [4.69, 9.17) is 10.1 Å². The van der Waals surface area contributed by atoms with Crippen molar-refractivity contribution in [3.63, 3.8) is 0 Å². The van der Waals surface area contributed by atoms with E-state index in [2.05, 4.69) is 68.0 Å². The fourth-order valence-corrected chi connectivity index (χ4v) is 5.07. The van der Waals surface area contributed by atoms with Gasteiger partial charge in [-0.05, 0) is 55.5 Å². The Balaban J connectivity index is 1.19. The van der Waals surface area contributed by atoms with E-state index in [0.717, 1.165) is 69.0 Å². The third-order valence-electron chi connectivity index (χ3n) is 6.65. The zero-order chi connectivity index (χ0) is 20.6. The first-order chi connectivity index (χ1) is 15.3. The van der Waals surface area contributed by atoms with Gasteiger partial charge in [0.05, 0.1) is 22.4 Å². The summed E-state index contributed by atoms with van der Waals surface area (Å²) in [5.74, 6) is 0.997. The molecule has 2 aliphatic rings. The summed E-state index contributed by atoms with van der Waals surface area (Å²) in [5.41, 5.74) is 7.51. The second-order valence-corrected chi connectivity index (χ2v) is 8.67. The van der Waals surface area contributed by atoms with Gasteiger partial charge in [0.25, 0.3) is 0 Å². The molecule has 0 amide bonds. The Hall–Kier alpha value is -3.12. The number of aromatic nitrogens is 4. The van der Waals surface area contributed by atoms with Gasteiger partial charge in [0.1, 0.15) is 0 Å². The summed E-state index contributed by atoms with van der Waals surface area (Å²) in [4.78, 5) is 13.3. The first kappa shape index (κ1) is 18.6. The molecule has 1 fully saturated rings. The lowest BCUT2D eigenvalue weighted by atomic mass is 10.2. The lowest BCUT2D eigenvalue weighted by Gasteiger charge is -2.21. The van der Waals surface area contributed by atoms with Crippen molar-refractivity contribution in [3.8, 4) is 5.69 Å². The van der Waals surface area contributed by atoms with Crippen LogP contribution in [0.15, 0.2) is 54.6 Å². The molecule has 0 unspecified atom stereocenters. The third kappa shape index (κ3) is 3.51. The largest absolute Gasteiger partial charge is 0.341 e. The first-order valence-electron chi connectivity index (χ1n) is 11.4. The van der Waals surface area contributed by atoms with E-state index >= 15 is 0 Å².